The highest BCUT2D eigenvalue weighted by molar-refractivity contribution is 6.33. The Hall–Kier alpha value is -4.19. The first-order valence-corrected chi connectivity index (χ1v) is 9.25. The second kappa shape index (κ2) is 8.05. The van der Waals surface area contributed by atoms with Gasteiger partial charge in [-0.25, -0.2) is 9.79 Å². The van der Waals surface area contributed by atoms with Gasteiger partial charge < -0.3 is 9.84 Å². The van der Waals surface area contributed by atoms with Crippen molar-refractivity contribution in [2.45, 2.75) is 0 Å². The molecular formula is C24H18N2O4. The monoisotopic (exact) mass is 398 g/mol. The summed E-state index contributed by atoms with van der Waals surface area (Å²) in [5, 5.41) is 9.06. The summed E-state index contributed by atoms with van der Waals surface area (Å²) in [5.41, 5.74) is 2.50. The van der Waals surface area contributed by atoms with Gasteiger partial charge >= 0.3 is 5.97 Å². The molecule has 148 valence electrons. The maximum Gasteiger partial charge on any atom is 0.335 e. The lowest BCUT2D eigenvalue weighted by Crippen LogP contribution is -2.32. The summed E-state index contributed by atoms with van der Waals surface area (Å²) in [6.07, 6.45) is 1.65. The van der Waals surface area contributed by atoms with Gasteiger partial charge in [-0.1, -0.05) is 42.5 Å². The molecule has 0 bridgehead atoms. The molecular weight excluding hydrogens is 380 g/mol. The van der Waals surface area contributed by atoms with Gasteiger partial charge in [-0.05, 0) is 48.0 Å². The quantitative estimate of drug-likeness (QED) is 0.653. The number of benzene rings is 3. The summed E-state index contributed by atoms with van der Waals surface area (Å²) in [6, 6.07) is 22.9. The van der Waals surface area contributed by atoms with Crippen molar-refractivity contribution in [2.24, 2.45) is 4.99 Å². The van der Waals surface area contributed by atoms with Crippen LogP contribution in [0.3, 0.4) is 0 Å². The molecule has 4 rings (SSSR count). The number of hydrogen-bond acceptors (Lipinski definition) is 4. The summed E-state index contributed by atoms with van der Waals surface area (Å²) in [5.74, 6) is -0.198. The third-order valence-electron chi connectivity index (χ3n) is 4.68. The molecule has 0 aromatic heterocycles. The van der Waals surface area contributed by atoms with Gasteiger partial charge in [-0.3, -0.25) is 9.69 Å². The maximum absolute atomic E-state index is 13.3. The summed E-state index contributed by atoms with van der Waals surface area (Å²) in [6.45, 7) is 0. The highest BCUT2D eigenvalue weighted by Crippen LogP contribution is 2.31. The van der Waals surface area contributed by atoms with E-state index in [1.165, 1.54) is 12.1 Å². The van der Waals surface area contributed by atoms with E-state index in [9.17, 15) is 9.59 Å². The van der Waals surface area contributed by atoms with Crippen molar-refractivity contribution < 1.29 is 19.4 Å². The van der Waals surface area contributed by atoms with Crippen LogP contribution in [-0.4, -0.2) is 29.9 Å². The predicted octanol–water partition coefficient (Wildman–Crippen LogP) is 4.23. The van der Waals surface area contributed by atoms with Gasteiger partial charge in [-0.15, -0.1) is 0 Å². The molecule has 3 aromatic rings. The number of carbonyl (C=O) groups excluding carboxylic acids is 1. The van der Waals surface area contributed by atoms with Gasteiger partial charge in [0.25, 0.3) is 5.91 Å². The van der Waals surface area contributed by atoms with Crippen LogP contribution in [0.2, 0.25) is 0 Å². The normalized spacial score (nSPS) is 14.7. The average Bonchev–Trinajstić information content (AvgIpc) is 3.10. The van der Waals surface area contributed by atoms with Crippen molar-refractivity contribution in [1.82, 2.24) is 0 Å². The number of hydrogen-bond donors (Lipinski definition) is 1. The van der Waals surface area contributed by atoms with Crippen molar-refractivity contribution in [2.75, 3.05) is 12.0 Å². The Morgan fingerprint density at radius 3 is 2.30 bits per heavy atom. The molecule has 0 spiro atoms. The Kier molecular flexibility index (Phi) is 5.13. The standard InChI is InChI=1S/C24H18N2O4/c1-30-21-10-6-5-9-19(21)22-25-20(15-16-11-13-17(14-12-16)24(28)29)23(27)26(22)18-7-3-2-4-8-18/h2-15H,1H3,(H,28,29)/b20-15+. The number of amidine groups is 1. The van der Waals surface area contributed by atoms with Crippen LogP contribution in [0.25, 0.3) is 6.08 Å². The molecule has 0 unspecified atom stereocenters. The first-order valence-electron chi connectivity index (χ1n) is 9.25. The van der Waals surface area contributed by atoms with E-state index < -0.39 is 5.97 Å². The fourth-order valence-corrected chi connectivity index (χ4v) is 3.22. The van der Waals surface area contributed by atoms with Gasteiger partial charge in [0, 0.05) is 0 Å². The van der Waals surface area contributed by atoms with Crippen LogP contribution in [0.5, 0.6) is 5.75 Å². The minimum Gasteiger partial charge on any atom is -0.496 e. The fraction of sp³-hybridized carbons (Fsp3) is 0.0417. The number of nitrogens with zero attached hydrogens (tertiary/aromatic N) is 2. The number of para-hydroxylation sites is 2. The van der Waals surface area contributed by atoms with E-state index in [1.807, 2.05) is 54.6 Å². The van der Waals surface area contributed by atoms with Crippen molar-refractivity contribution in [3.8, 4) is 5.75 Å². The van der Waals surface area contributed by atoms with Crippen LogP contribution in [0.4, 0.5) is 5.69 Å². The van der Waals surface area contributed by atoms with E-state index >= 15 is 0 Å². The summed E-state index contributed by atoms with van der Waals surface area (Å²) < 4.78 is 5.47. The lowest BCUT2D eigenvalue weighted by Gasteiger charge is -2.19. The Bertz CT molecular complexity index is 1170. The molecule has 1 heterocycles. The predicted molar refractivity (Wildman–Crippen MR) is 115 cm³/mol. The van der Waals surface area contributed by atoms with Gasteiger partial charge in [0.2, 0.25) is 0 Å². The van der Waals surface area contributed by atoms with E-state index in [2.05, 4.69) is 4.99 Å². The van der Waals surface area contributed by atoms with Gasteiger partial charge in [0.15, 0.2) is 5.84 Å². The smallest absolute Gasteiger partial charge is 0.335 e. The zero-order valence-corrected chi connectivity index (χ0v) is 16.1. The van der Waals surface area contributed by atoms with E-state index in [4.69, 9.17) is 9.84 Å². The number of carboxylic acids is 1. The molecule has 0 saturated carbocycles. The van der Waals surface area contributed by atoms with E-state index in [0.717, 1.165) is 0 Å². The van der Waals surface area contributed by atoms with Crippen LogP contribution < -0.4 is 9.64 Å². The van der Waals surface area contributed by atoms with Crippen molar-refractivity contribution >= 4 is 29.5 Å². The van der Waals surface area contributed by atoms with E-state index in [0.29, 0.717) is 28.4 Å². The lowest BCUT2D eigenvalue weighted by atomic mass is 10.1. The maximum atomic E-state index is 13.3. The number of methoxy groups -OCH3 is 1. The number of carboxylic acid groups (broad SMARTS) is 1. The molecule has 30 heavy (non-hydrogen) atoms. The van der Waals surface area contributed by atoms with Crippen molar-refractivity contribution in [3.05, 3.63) is 101 Å². The third-order valence-corrected chi connectivity index (χ3v) is 4.68. The Morgan fingerprint density at radius 1 is 0.967 bits per heavy atom. The summed E-state index contributed by atoms with van der Waals surface area (Å²) >= 11 is 0. The minimum atomic E-state index is -1.00. The van der Waals surface area contributed by atoms with Crippen molar-refractivity contribution in [3.63, 3.8) is 0 Å². The highest BCUT2D eigenvalue weighted by Gasteiger charge is 2.33. The highest BCUT2D eigenvalue weighted by atomic mass is 16.5. The number of aliphatic imine (C=N–C) groups is 1. The summed E-state index contributed by atoms with van der Waals surface area (Å²) in [7, 11) is 1.57. The Labute approximate surface area is 173 Å². The molecule has 0 radical (unpaired) electrons. The number of ether oxygens (including phenoxy) is 1. The number of anilines is 1. The Morgan fingerprint density at radius 2 is 1.63 bits per heavy atom. The van der Waals surface area contributed by atoms with Crippen LogP contribution in [0.15, 0.2) is 89.6 Å². The van der Waals surface area contributed by atoms with E-state index in [1.54, 1.807) is 30.2 Å². The molecule has 3 aromatic carbocycles. The molecule has 1 aliphatic rings. The third kappa shape index (κ3) is 3.58. The van der Waals surface area contributed by atoms with Gasteiger partial charge in [-0.2, -0.15) is 0 Å². The first kappa shape index (κ1) is 19.1. The van der Waals surface area contributed by atoms with E-state index in [-0.39, 0.29) is 17.2 Å². The molecule has 0 aliphatic carbocycles. The molecule has 0 atom stereocenters. The fourth-order valence-electron chi connectivity index (χ4n) is 3.22. The lowest BCUT2D eigenvalue weighted by molar-refractivity contribution is -0.113. The number of aromatic carboxylic acids is 1. The minimum absolute atomic E-state index is 0.180. The number of carbonyl (C=O) groups is 2. The largest absolute Gasteiger partial charge is 0.496 e. The van der Waals surface area contributed by atoms with Crippen LogP contribution in [-0.2, 0) is 4.79 Å². The zero-order valence-electron chi connectivity index (χ0n) is 16.1. The second-order valence-electron chi connectivity index (χ2n) is 6.57. The number of rotatable bonds is 5. The zero-order chi connectivity index (χ0) is 21.1. The first-order chi connectivity index (χ1) is 14.6. The average molecular weight is 398 g/mol. The molecule has 6 heteroatoms. The molecule has 1 N–H and O–H groups in total. The SMILES string of the molecule is COc1ccccc1C1=N/C(=C/c2ccc(C(=O)O)cc2)C(=O)N1c1ccccc1. The van der Waals surface area contributed by atoms with Crippen LogP contribution >= 0.6 is 0 Å². The second-order valence-corrected chi connectivity index (χ2v) is 6.57. The Balaban J connectivity index is 1.81. The number of amides is 1. The summed E-state index contributed by atoms with van der Waals surface area (Å²) in [4.78, 5) is 30.5. The molecule has 1 aliphatic heterocycles. The van der Waals surface area contributed by atoms with Crippen molar-refractivity contribution in [1.29, 1.82) is 0 Å². The van der Waals surface area contributed by atoms with Crippen LogP contribution in [0.1, 0.15) is 21.5 Å². The molecule has 0 saturated heterocycles. The molecule has 6 nitrogen and oxygen atoms in total. The van der Waals surface area contributed by atoms with Gasteiger partial charge in [0.1, 0.15) is 11.4 Å². The molecule has 1 amide bonds. The topological polar surface area (TPSA) is 79.2 Å². The molecule has 0 fully saturated rings. The van der Waals surface area contributed by atoms with Gasteiger partial charge in [0.05, 0.1) is 23.9 Å². The van der Waals surface area contributed by atoms with Crippen LogP contribution in [0, 0.1) is 0 Å².